The summed E-state index contributed by atoms with van der Waals surface area (Å²) in [4.78, 5) is 0. The molecule has 0 rings (SSSR count). The fourth-order valence-electron chi connectivity index (χ4n) is 0.138. The number of aliphatic hydroxyl groups excluding tert-OH is 1. The van der Waals surface area contributed by atoms with Crippen molar-refractivity contribution in [2.45, 2.75) is 5.56 Å². The van der Waals surface area contributed by atoms with Gasteiger partial charge in [0, 0.05) is 5.75 Å². The highest BCUT2D eigenvalue weighted by atomic mass is 35.5. The van der Waals surface area contributed by atoms with Crippen LogP contribution in [0.2, 0.25) is 0 Å². The number of thioether (sulfide) groups is 1. The highest BCUT2D eigenvalue weighted by Crippen LogP contribution is 1.98. The Morgan fingerprint density at radius 3 is 2.50 bits per heavy atom. The summed E-state index contributed by atoms with van der Waals surface area (Å²) in [5.74, 6) is 0.613. The fourth-order valence-corrected chi connectivity index (χ4v) is 0.791. The van der Waals surface area contributed by atoms with Crippen LogP contribution < -0.4 is 0 Å². The molecule has 1 unspecified atom stereocenters. The summed E-state index contributed by atoms with van der Waals surface area (Å²) in [6.07, 6.45) is 1.89. The monoisotopic (exact) mass is 126 g/mol. The summed E-state index contributed by atoms with van der Waals surface area (Å²) in [6.45, 7) is 0. The number of hydrogen-bond donors (Lipinski definition) is 1. The van der Waals surface area contributed by atoms with Crippen LogP contribution in [0.25, 0.3) is 0 Å². The zero-order valence-corrected chi connectivity index (χ0v) is 5.09. The first-order chi connectivity index (χ1) is 2.77. The molecule has 0 saturated carbocycles. The van der Waals surface area contributed by atoms with E-state index < -0.39 is 5.56 Å². The molecule has 1 N–H and O–H groups in total. The van der Waals surface area contributed by atoms with E-state index in [2.05, 4.69) is 0 Å². The SMILES string of the molecule is CSCC(O)Cl. The number of rotatable bonds is 2. The standard InChI is InChI=1S/C3H7ClOS/c1-6-2-3(4)5/h3,5H,2H2,1H3. The molecule has 0 aliphatic carbocycles. The van der Waals surface area contributed by atoms with Gasteiger partial charge in [-0.15, -0.1) is 0 Å². The molecule has 0 aliphatic rings. The van der Waals surface area contributed by atoms with Crippen LogP contribution in [-0.4, -0.2) is 22.7 Å². The number of hydrogen-bond acceptors (Lipinski definition) is 2. The normalized spacial score (nSPS) is 14.5. The van der Waals surface area contributed by atoms with Gasteiger partial charge in [-0.05, 0) is 6.26 Å². The number of aliphatic hydroxyl groups is 1. The van der Waals surface area contributed by atoms with Gasteiger partial charge in [0.15, 0.2) is 0 Å². The summed E-state index contributed by atoms with van der Waals surface area (Å²) in [5, 5.41) is 8.30. The first-order valence-corrected chi connectivity index (χ1v) is 3.41. The van der Waals surface area contributed by atoms with Crippen LogP contribution in [0.15, 0.2) is 0 Å². The Balaban J connectivity index is 2.63. The number of alkyl halides is 1. The second-order valence-electron chi connectivity index (χ2n) is 0.890. The lowest BCUT2D eigenvalue weighted by atomic mass is 10.9. The Morgan fingerprint density at radius 2 is 2.50 bits per heavy atom. The summed E-state index contributed by atoms with van der Waals surface area (Å²) in [7, 11) is 0. The van der Waals surface area contributed by atoms with Crippen LogP contribution in [0.1, 0.15) is 0 Å². The van der Waals surface area contributed by atoms with E-state index in [-0.39, 0.29) is 0 Å². The van der Waals surface area contributed by atoms with Crippen molar-refractivity contribution in [2.24, 2.45) is 0 Å². The van der Waals surface area contributed by atoms with Gasteiger partial charge >= 0.3 is 0 Å². The third-order valence-electron chi connectivity index (χ3n) is 0.304. The van der Waals surface area contributed by atoms with E-state index in [0.717, 1.165) is 0 Å². The van der Waals surface area contributed by atoms with Gasteiger partial charge in [0.1, 0.15) is 5.56 Å². The molecular weight excluding hydrogens is 120 g/mol. The van der Waals surface area contributed by atoms with E-state index in [4.69, 9.17) is 16.7 Å². The minimum atomic E-state index is -0.667. The second kappa shape index (κ2) is 3.78. The van der Waals surface area contributed by atoms with Gasteiger partial charge in [0.05, 0.1) is 0 Å². The minimum Gasteiger partial charge on any atom is -0.377 e. The predicted octanol–water partition coefficient (Wildman–Crippen LogP) is 0.907. The summed E-state index contributed by atoms with van der Waals surface area (Å²) in [6, 6.07) is 0. The smallest absolute Gasteiger partial charge is 0.136 e. The summed E-state index contributed by atoms with van der Waals surface area (Å²) >= 11 is 6.64. The summed E-state index contributed by atoms with van der Waals surface area (Å²) in [5.41, 5.74) is -0.667. The lowest BCUT2D eigenvalue weighted by molar-refractivity contribution is 0.281. The Hall–Kier alpha value is 0.600. The Kier molecular flexibility index (Phi) is 4.16. The summed E-state index contributed by atoms with van der Waals surface area (Å²) < 4.78 is 0. The maximum Gasteiger partial charge on any atom is 0.136 e. The van der Waals surface area contributed by atoms with Crippen molar-refractivity contribution < 1.29 is 5.11 Å². The van der Waals surface area contributed by atoms with Crippen LogP contribution in [0, 0.1) is 0 Å². The lowest BCUT2D eigenvalue weighted by Crippen LogP contribution is -1.96. The van der Waals surface area contributed by atoms with Crippen LogP contribution in [0.5, 0.6) is 0 Å². The van der Waals surface area contributed by atoms with Gasteiger partial charge in [-0.3, -0.25) is 0 Å². The molecule has 1 atom stereocenters. The van der Waals surface area contributed by atoms with Crippen LogP contribution in [-0.2, 0) is 0 Å². The molecule has 0 radical (unpaired) electrons. The molecule has 0 fully saturated rings. The lowest BCUT2D eigenvalue weighted by Gasteiger charge is -1.92. The van der Waals surface area contributed by atoms with Gasteiger partial charge in [0.2, 0.25) is 0 Å². The number of halogens is 1. The van der Waals surface area contributed by atoms with Crippen LogP contribution in [0.3, 0.4) is 0 Å². The van der Waals surface area contributed by atoms with Crippen molar-refractivity contribution in [1.29, 1.82) is 0 Å². The molecule has 0 amide bonds. The third kappa shape index (κ3) is 4.60. The quantitative estimate of drug-likeness (QED) is 0.555. The highest BCUT2D eigenvalue weighted by molar-refractivity contribution is 7.98. The predicted molar refractivity (Wildman–Crippen MR) is 30.2 cm³/mol. The van der Waals surface area contributed by atoms with Gasteiger partial charge in [-0.2, -0.15) is 11.8 Å². The van der Waals surface area contributed by atoms with Crippen molar-refractivity contribution >= 4 is 23.4 Å². The molecule has 0 saturated heterocycles. The van der Waals surface area contributed by atoms with Gasteiger partial charge in [0.25, 0.3) is 0 Å². The largest absolute Gasteiger partial charge is 0.377 e. The van der Waals surface area contributed by atoms with Gasteiger partial charge in [-0.1, -0.05) is 11.6 Å². The van der Waals surface area contributed by atoms with Gasteiger partial charge < -0.3 is 5.11 Å². The molecule has 38 valence electrons. The molecule has 0 aromatic carbocycles. The third-order valence-corrected chi connectivity index (χ3v) is 1.29. The van der Waals surface area contributed by atoms with E-state index in [9.17, 15) is 0 Å². The van der Waals surface area contributed by atoms with E-state index >= 15 is 0 Å². The highest BCUT2D eigenvalue weighted by Gasteiger charge is 1.90. The molecule has 6 heavy (non-hydrogen) atoms. The van der Waals surface area contributed by atoms with Crippen LogP contribution in [0.4, 0.5) is 0 Å². The Morgan fingerprint density at radius 1 is 2.00 bits per heavy atom. The molecule has 1 nitrogen and oxygen atoms in total. The average molecular weight is 127 g/mol. The second-order valence-corrected chi connectivity index (χ2v) is 2.30. The van der Waals surface area contributed by atoms with Crippen molar-refractivity contribution in [3.05, 3.63) is 0 Å². The Bertz CT molecular complexity index is 32.0. The molecule has 3 heteroatoms. The molecule has 0 aromatic rings. The molecule has 0 aromatic heterocycles. The van der Waals surface area contributed by atoms with Crippen molar-refractivity contribution in [2.75, 3.05) is 12.0 Å². The minimum absolute atomic E-state index is 0.613. The topological polar surface area (TPSA) is 20.2 Å². The average Bonchev–Trinajstić information content (AvgIpc) is 1.35. The molecule has 0 spiro atoms. The van der Waals surface area contributed by atoms with Crippen LogP contribution >= 0.6 is 23.4 Å². The molecular formula is C3H7ClOS. The van der Waals surface area contributed by atoms with Gasteiger partial charge in [-0.25, -0.2) is 0 Å². The first kappa shape index (κ1) is 6.60. The van der Waals surface area contributed by atoms with E-state index in [1.54, 1.807) is 0 Å². The maximum absolute atomic E-state index is 8.30. The fraction of sp³-hybridized carbons (Fsp3) is 1.00. The molecule has 0 aliphatic heterocycles. The zero-order chi connectivity index (χ0) is 4.99. The van der Waals surface area contributed by atoms with Crippen molar-refractivity contribution in [1.82, 2.24) is 0 Å². The maximum atomic E-state index is 8.30. The zero-order valence-electron chi connectivity index (χ0n) is 3.52. The van der Waals surface area contributed by atoms with E-state index in [1.807, 2.05) is 6.26 Å². The molecule has 0 heterocycles. The molecule has 0 bridgehead atoms. The van der Waals surface area contributed by atoms with Crippen molar-refractivity contribution in [3.8, 4) is 0 Å². The van der Waals surface area contributed by atoms with E-state index in [0.29, 0.717) is 5.75 Å². The van der Waals surface area contributed by atoms with Crippen molar-refractivity contribution in [3.63, 3.8) is 0 Å². The van der Waals surface area contributed by atoms with E-state index in [1.165, 1.54) is 11.8 Å². The Labute approximate surface area is 46.7 Å². The first-order valence-electron chi connectivity index (χ1n) is 1.58.